The summed E-state index contributed by atoms with van der Waals surface area (Å²) in [4.78, 5) is 14.6. The molecule has 1 atom stereocenters. The van der Waals surface area contributed by atoms with Gasteiger partial charge in [0.2, 0.25) is 5.91 Å². The number of benzene rings is 2. The zero-order valence-corrected chi connectivity index (χ0v) is 13.2. The summed E-state index contributed by atoms with van der Waals surface area (Å²) in [7, 11) is 0. The first kappa shape index (κ1) is 15.4. The smallest absolute Gasteiger partial charge is 0.226 e. The molecule has 0 radical (unpaired) electrons. The van der Waals surface area contributed by atoms with E-state index in [1.807, 2.05) is 24.0 Å². The topological polar surface area (TPSA) is 60.8 Å². The molecule has 1 aliphatic heterocycles. The predicted molar refractivity (Wildman–Crippen MR) is 88.2 cm³/mol. The highest BCUT2D eigenvalue weighted by atomic mass is 16.3. The van der Waals surface area contributed by atoms with Gasteiger partial charge in [-0.3, -0.25) is 4.79 Å². The average Bonchev–Trinajstić information content (AvgIpc) is 2.57. The molecule has 2 N–H and O–H groups in total. The molecule has 0 aliphatic carbocycles. The summed E-state index contributed by atoms with van der Waals surface area (Å²) in [5.74, 6) is -0.314. The molecule has 0 fully saturated rings. The van der Waals surface area contributed by atoms with E-state index in [-0.39, 0.29) is 23.3 Å². The van der Waals surface area contributed by atoms with Crippen LogP contribution in [0.2, 0.25) is 0 Å². The number of rotatable bonds is 3. The fraction of sp³-hybridized carbons (Fsp3) is 0.316. The summed E-state index contributed by atoms with van der Waals surface area (Å²) in [6.45, 7) is 3.33. The molecule has 3 rings (SSSR count). The van der Waals surface area contributed by atoms with Crippen LogP contribution in [0.15, 0.2) is 42.5 Å². The Morgan fingerprint density at radius 1 is 1.13 bits per heavy atom. The molecular weight excluding hydrogens is 290 g/mol. The number of amides is 1. The van der Waals surface area contributed by atoms with Crippen LogP contribution in [0, 0.1) is 5.92 Å². The Hall–Kier alpha value is -2.49. The van der Waals surface area contributed by atoms with Crippen molar-refractivity contribution in [2.45, 2.75) is 26.3 Å². The van der Waals surface area contributed by atoms with Gasteiger partial charge in [-0.05, 0) is 41.7 Å². The van der Waals surface area contributed by atoms with Crippen molar-refractivity contribution in [3.8, 4) is 11.5 Å². The zero-order chi connectivity index (χ0) is 16.4. The Kier molecular flexibility index (Phi) is 4.24. The Morgan fingerprint density at radius 3 is 2.61 bits per heavy atom. The Labute approximate surface area is 136 Å². The first-order valence-corrected chi connectivity index (χ1v) is 7.91. The van der Waals surface area contributed by atoms with Crippen molar-refractivity contribution in [3.05, 3.63) is 59.2 Å². The lowest BCUT2D eigenvalue weighted by Gasteiger charge is -2.31. The van der Waals surface area contributed by atoms with Crippen molar-refractivity contribution in [3.63, 3.8) is 0 Å². The Balaban J connectivity index is 1.67. The van der Waals surface area contributed by atoms with E-state index < -0.39 is 0 Å². The van der Waals surface area contributed by atoms with Crippen LogP contribution >= 0.6 is 0 Å². The standard InChI is InChI=1S/C19H21NO3/c1-13(10-14-6-7-17(21)18(22)11-14)19(23)20-9-8-15-4-2-3-5-16(15)12-20/h2-7,11,13,21-22H,8-10,12H2,1H3. The fourth-order valence-corrected chi connectivity index (χ4v) is 3.13. The van der Waals surface area contributed by atoms with E-state index in [0.717, 1.165) is 18.5 Å². The van der Waals surface area contributed by atoms with Crippen LogP contribution in [0.1, 0.15) is 23.6 Å². The Bertz CT molecular complexity index is 726. The number of carbonyl (C=O) groups is 1. The van der Waals surface area contributed by atoms with Crippen LogP contribution in [-0.2, 0) is 24.2 Å². The molecule has 2 aromatic carbocycles. The van der Waals surface area contributed by atoms with Gasteiger partial charge in [0.1, 0.15) is 0 Å². The highest BCUT2D eigenvalue weighted by Gasteiger charge is 2.24. The van der Waals surface area contributed by atoms with Crippen molar-refractivity contribution < 1.29 is 15.0 Å². The maximum Gasteiger partial charge on any atom is 0.226 e. The monoisotopic (exact) mass is 311 g/mol. The molecule has 0 saturated carbocycles. The molecule has 23 heavy (non-hydrogen) atoms. The van der Waals surface area contributed by atoms with Crippen LogP contribution in [-0.4, -0.2) is 27.6 Å². The molecule has 1 amide bonds. The molecule has 1 aliphatic rings. The summed E-state index contributed by atoms with van der Waals surface area (Å²) in [5.41, 5.74) is 3.40. The number of hydrogen-bond acceptors (Lipinski definition) is 3. The van der Waals surface area contributed by atoms with Gasteiger partial charge in [0.05, 0.1) is 0 Å². The van der Waals surface area contributed by atoms with Crippen molar-refractivity contribution >= 4 is 5.91 Å². The van der Waals surface area contributed by atoms with Gasteiger partial charge in [-0.2, -0.15) is 0 Å². The third kappa shape index (κ3) is 3.31. The summed E-state index contributed by atoms with van der Waals surface area (Å²) < 4.78 is 0. The van der Waals surface area contributed by atoms with Crippen LogP contribution < -0.4 is 0 Å². The number of fused-ring (bicyclic) bond motifs is 1. The van der Waals surface area contributed by atoms with Crippen molar-refractivity contribution in [1.29, 1.82) is 0 Å². The second kappa shape index (κ2) is 6.32. The second-order valence-corrected chi connectivity index (χ2v) is 6.21. The normalized spacial score (nSPS) is 15.1. The van der Waals surface area contributed by atoms with Crippen LogP contribution in [0.5, 0.6) is 11.5 Å². The predicted octanol–water partition coefficient (Wildman–Crippen LogP) is 2.86. The third-order valence-corrected chi connectivity index (χ3v) is 4.45. The summed E-state index contributed by atoms with van der Waals surface area (Å²) in [6.07, 6.45) is 1.44. The summed E-state index contributed by atoms with van der Waals surface area (Å²) in [5, 5.41) is 18.9. The quantitative estimate of drug-likeness (QED) is 0.857. The molecule has 0 aromatic heterocycles. The van der Waals surface area contributed by atoms with Crippen LogP contribution in [0.25, 0.3) is 0 Å². The molecule has 1 heterocycles. The van der Waals surface area contributed by atoms with Crippen molar-refractivity contribution in [2.24, 2.45) is 5.92 Å². The summed E-state index contributed by atoms with van der Waals surface area (Å²) >= 11 is 0. The summed E-state index contributed by atoms with van der Waals surface area (Å²) in [6, 6.07) is 13.0. The highest BCUT2D eigenvalue weighted by Crippen LogP contribution is 2.27. The number of nitrogens with zero attached hydrogens (tertiary/aromatic N) is 1. The van der Waals surface area contributed by atoms with E-state index in [1.165, 1.54) is 23.3 Å². The number of phenols is 2. The molecule has 2 aromatic rings. The minimum atomic E-state index is -0.163. The van der Waals surface area contributed by atoms with Crippen LogP contribution in [0.4, 0.5) is 0 Å². The van der Waals surface area contributed by atoms with Gasteiger partial charge in [0, 0.05) is 19.0 Å². The van der Waals surface area contributed by atoms with Crippen LogP contribution in [0.3, 0.4) is 0 Å². The lowest BCUT2D eigenvalue weighted by molar-refractivity contribution is -0.135. The van der Waals surface area contributed by atoms with Gasteiger partial charge in [0.15, 0.2) is 11.5 Å². The van der Waals surface area contributed by atoms with E-state index in [0.29, 0.717) is 13.0 Å². The SMILES string of the molecule is CC(Cc1ccc(O)c(O)c1)C(=O)N1CCc2ccccc2C1. The first-order chi connectivity index (χ1) is 11.0. The van der Waals surface area contributed by atoms with Gasteiger partial charge >= 0.3 is 0 Å². The molecule has 1 unspecified atom stereocenters. The second-order valence-electron chi connectivity index (χ2n) is 6.21. The van der Waals surface area contributed by atoms with Crippen molar-refractivity contribution in [1.82, 2.24) is 4.90 Å². The van der Waals surface area contributed by atoms with Gasteiger partial charge in [0.25, 0.3) is 0 Å². The maximum absolute atomic E-state index is 12.7. The van der Waals surface area contributed by atoms with Crippen molar-refractivity contribution in [2.75, 3.05) is 6.54 Å². The van der Waals surface area contributed by atoms with E-state index in [4.69, 9.17) is 0 Å². The lowest BCUT2D eigenvalue weighted by Crippen LogP contribution is -2.39. The molecule has 0 bridgehead atoms. The molecule has 0 saturated heterocycles. The van der Waals surface area contributed by atoms with Gasteiger partial charge < -0.3 is 15.1 Å². The van der Waals surface area contributed by atoms with Gasteiger partial charge in [-0.25, -0.2) is 0 Å². The zero-order valence-electron chi connectivity index (χ0n) is 13.2. The number of hydrogen-bond donors (Lipinski definition) is 2. The van der Waals surface area contributed by atoms with E-state index in [9.17, 15) is 15.0 Å². The molecule has 4 nitrogen and oxygen atoms in total. The Morgan fingerprint density at radius 2 is 1.87 bits per heavy atom. The third-order valence-electron chi connectivity index (χ3n) is 4.45. The van der Waals surface area contributed by atoms with E-state index in [1.54, 1.807) is 6.07 Å². The lowest BCUT2D eigenvalue weighted by atomic mass is 9.96. The number of phenolic OH excluding ortho intramolecular Hbond substituents is 2. The fourth-order valence-electron chi connectivity index (χ4n) is 3.13. The van der Waals surface area contributed by atoms with E-state index in [2.05, 4.69) is 12.1 Å². The molecule has 0 spiro atoms. The number of aromatic hydroxyl groups is 2. The molecular formula is C19H21NO3. The largest absolute Gasteiger partial charge is 0.504 e. The minimum absolute atomic E-state index is 0.132. The highest BCUT2D eigenvalue weighted by molar-refractivity contribution is 5.79. The molecule has 120 valence electrons. The molecule has 4 heteroatoms. The van der Waals surface area contributed by atoms with Gasteiger partial charge in [-0.1, -0.05) is 37.3 Å². The number of carbonyl (C=O) groups excluding carboxylic acids is 1. The average molecular weight is 311 g/mol. The first-order valence-electron chi connectivity index (χ1n) is 7.91. The van der Waals surface area contributed by atoms with E-state index >= 15 is 0 Å². The maximum atomic E-state index is 12.7. The minimum Gasteiger partial charge on any atom is -0.504 e. The van der Waals surface area contributed by atoms with Gasteiger partial charge in [-0.15, -0.1) is 0 Å².